The van der Waals surface area contributed by atoms with Gasteiger partial charge in [0.05, 0.1) is 24.6 Å². The van der Waals surface area contributed by atoms with E-state index in [1.165, 1.54) is 0 Å². The SMILES string of the molecule is COc1ccc(-c2ccc3c(c2)C(=CNc2cnc(N4C[C@@H](C)N[C@@H](C)C4)c(C)c2)C(=O)NC3=O)cc1. The molecule has 3 heterocycles. The third kappa shape index (κ3) is 5.06. The molecule has 3 N–H and O–H groups in total. The third-order valence-electron chi connectivity index (χ3n) is 6.74. The monoisotopic (exact) mass is 497 g/mol. The first kappa shape index (κ1) is 24.5. The summed E-state index contributed by atoms with van der Waals surface area (Å²) in [4.78, 5) is 32.4. The van der Waals surface area contributed by atoms with Gasteiger partial charge < -0.3 is 20.3 Å². The number of pyridine rings is 1. The van der Waals surface area contributed by atoms with Gasteiger partial charge in [0, 0.05) is 42.5 Å². The number of aromatic nitrogens is 1. The van der Waals surface area contributed by atoms with Gasteiger partial charge in [-0.25, -0.2) is 4.98 Å². The number of ether oxygens (including phenoxy) is 1. The van der Waals surface area contributed by atoms with Crippen LogP contribution in [-0.2, 0) is 4.79 Å². The van der Waals surface area contributed by atoms with E-state index in [4.69, 9.17) is 9.72 Å². The molecule has 2 aliphatic heterocycles. The van der Waals surface area contributed by atoms with Crippen molar-refractivity contribution in [2.45, 2.75) is 32.9 Å². The molecule has 1 fully saturated rings. The van der Waals surface area contributed by atoms with Gasteiger partial charge in [0.1, 0.15) is 11.6 Å². The largest absolute Gasteiger partial charge is 0.497 e. The summed E-state index contributed by atoms with van der Waals surface area (Å²) in [5.74, 6) is 0.882. The number of nitrogens with one attached hydrogen (secondary N) is 3. The van der Waals surface area contributed by atoms with Crippen molar-refractivity contribution >= 4 is 28.9 Å². The van der Waals surface area contributed by atoms with Gasteiger partial charge in [-0.15, -0.1) is 0 Å². The van der Waals surface area contributed by atoms with Crippen LogP contribution in [-0.4, -0.2) is 49.1 Å². The second-order valence-corrected chi connectivity index (χ2v) is 9.71. The van der Waals surface area contributed by atoms with Crippen LogP contribution < -0.4 is 25.6 Å². The van der Waals surface area contributed by atoms with Gasteiger partial charge in [-0.1, -0.05) is 18.2 Å². The fourth-order valence-electron chi connectivity index (χ4n) is 5.06. The number of carbonyl (C=O) groups excluding carboxylic acids is 2. The van der Waals surface area contributed by atoms with E-state index in [0.717, 1.165) is 47.0 Å². The topological polar surface area (TPSA) is 95.6 Å². The molecule has 2 atom stereocenters. The fourth-order valence-corrected chi connectivity index (χ4v) is 5.06. The first-order valence-electron chi connectivity index (χ1n) is 12.4. The standard InChI is InChI=1S/C29H31N5O3/c1-17-11-22(13-31-27(17)34-15-18(2)32-19(3)16-34)30-14-26-25-12-21(20-5-8-23(37-4)9-6-20)7-10-24(25)28(35)33-29(26)36/h5-14,18-19,30,32H,15-16H2,1-4H3,(H,33,35,36)/t18-,19+. The molecule has 2 aromatic carbocycles. The van der Waals surface area contributed by atoms with Gasteiger partial charge in [0.25, 0.3) is 11.8 Å². The summed E-state index contributed by atoms with van der Waals surface area (Å²) in [6.45, 7) is 8.20. The van der Waals surface area contributed by atoms with E-state index in [2.05, 4.69) is 34.7 Å². The van der Waals surface area contributed by atoms with E-state index in [0.29, 0.717) is 28.8 Å². The van der Waals surface area contributed by atoms with Gasteiger partial charge in [-0.05, 0) is 67.8 Å². The molecule has 190 valence electrons. The van der Waals surface area contributed by atoms with Crippen molar-refractivity contribution < 1.29 is 14.3 Å². The van der Waals surface area contributed by atoms with E-state index in [1.54, 1.807) is 25.6 Å². The lowest BCUT2D eigenvalue weighted by Crippen LogP contribution is -2.54. The molecule has 8 heteroatoms. The van der Waals surface area contributed by atoms with Crippen molar-refractivity contribution in [2.24, 2.45) is 0 Å². The Morgan fingerprint density at radius 2 is 1.68 bits per heavy atom. The first-order valence-corrected chi connectivity index (χ1v) is 12.4. The number of anilines is 2. The lowest BCUT2D eigenvalue weighted by molar-refractivity contribution is -0.114. The molecule has 1 aromatic heterocycles. The smallest absolute Gasteiger partial charge is 0.260 e. The van der Waals surface area contributed by atoms with Gasteiger partial charge in [-0.3, -0.25) is 14.9 Å². The fraction of sp³-hybridized carbons (Fsp3) is 0.276. The molecule has 0 aliphatic carbocycles. The summed E-state index contributed by atoms with van der Waals surface area (Å²) in [5.41, 5.74) is 5.10. The van der Waals surface area contributed by atoms with Crippen LogP contribution in [0.5, 0.6) is 5.75 Å². The minimum absolute atomic E-state index is 0.386. The number of imide groups is 1. The normalized spacial score (nSPS) is 20.4. The van der Waals surface area contributed by atoms with Crippen molar-refractivity contribution in [2.75, 3.05) is 30.4 Å². The van der Waals surface area contributed by atoms with Gasteiger partial charge in [0.15, 0.2) is 0 Å². The average Bonchev–Trinajstić information content (AvgIpc) is 2.87. The number of rotatable bonds is 5. The zero-order valence-electron chi connectivity index (χ0n) is 21.5. The second-order valence-electron chi connectivity index (χ2n) is 9.71. The number of aryl methyl sites for hydroxylation is 1. The Hall–Kier alpha value is -4.17. The molecule has 5 rings (SSSR count). The van der Waals surface area contributed by atoms with E-state index in [-0.39, 0.29) is 0 Å². The van der Waals surface area contributed by atoms with Gasteiger partial charge in [0.2, 0.25) is 0 Å². The van der Waals surface area contributed by atoms with Crippen LogP contribution in [0.1, 0.15) is 35.3 Å². The van der Waals surface area contributed by atoms with Crippen LogP contribution in [0.2, 0.25) is 0 Å². The summed E-state index contributed by atoms with van der Waals surface area (Å²) in [7, 11) is 1.62. The minimum Gasteiger partial charge on any atom is -0.497 e. The van der Waals surface area contributed by atoms with E-state index in [1.807, 2.05) is 49.4 Å². The third-order valence-corrected chi connectivity index (χ3v) is 6.74. The number of methoxy groups -OCH3 is 1. The highest BCUT2D eigenvalue weighted by Gasteiger charge is 2.28. The molecule has 0 unspecified atom stereocenters. The molecule has 37 heavy (non-hydrogen) atoms. The molecule has 0 bridgehead atoms. The number of hydrogen-bond donors (Lipinski definition) is 3. The Morgan fingerprint density at radius 1 is 0.973 bits per heavy atom. The molecule has 0 radical (unpaired) electrons. The Bertz CT molecular complexity index is 1370. The first-order chi connectivity index (χ1) is 17.8. The molecule has 0 spiro atoms. The summed E-state index contributed by atoms with van der Waals surface area (Å²) >= 11 is 0. The van der Waals surface area contributed by atoms with Gasteiger partial charge >= 0.3 is 0 Å². The zero-order valence-corrected chi connectivity index (χ0v) is 21.5. The average molecular weight is 498 g/mol. The van der Waals surface area contributed by atoms with E-state index in [9.17, 15) is 9.59 Å². The number of carbonyl (C=O) groups is 2. The predicted molar refractivity (Wildman–Crippen MR) is 146 cm³/mol. The Labute approximate surface area is 216 Å². The minimum atomic E-state index is -0.443. The molecule has 2 aliphatic rings. The van der Waals surface area contributed by atoms with Crippen molar-refractivity contribution in [1.82, 2.24) is 15.6 Å². The van der Waals surface area contributed by atoms with Crippen LogP contribution in [0.4, 0.5) is 11.5 Å². The molecule has 2 amide bonds. The van der Waals surface area contributed by atoms with Crippen molar-refractivity contribution in [3.63, 3.8) is 0 Å². The molecular formula is C29H31N5O3. The van der Waals surface area contributed by atoms with E-state index < -0.39 is 11.8 Å². The van der Waals surface area contributed by atoms with Crippen molar-refractivity contribution in [1.29, 1.82) is 0 Å². The Kier molecular flexibility index (Phi) is 6.67. The number of benzene rings is 2. The van der Waals surface area contributed by atoms with Crippen molar-refractivity contribution in [3.8, 4) is 16.9 Å². The van der Waals surface area contributed by atoms with Crippen molar-refractivity contribution in [3.05, 3.63) is 77.6 Å². The second kappa shape index (κ2) is 10.1. The molecule has 8 nitrogen and oxygen atoms in total. The van der Waals surface area contributed by atoms with Crippen LogP contribution in [0.15, 0.2) is 60.9 Å². The maximum atomic E-state index is 12.8. The quantitative estimate of drug-likeness (QED) is 0.363. The highest BCUT2D eigenvalue weighted by molar-refractivity contribution is 6.31. The lowest BCUT2D eigenvalue weighted by Gasteiger charge is -2.37. The maximum Gasteiger partial charge on any atom is 0.260 e. The summed E-state index contributed by atoms with van der Waals surface area (Å²) in [6, 6.07) is 16.0. The highest BCUT2D eigenvalue weighted by atomic mass is 16.5. The zero-order chi connectivity index (χ0) is 26.1. The molecular weight excluding hydrogens is 466 g/mol. The Balaban J connectivity index is 1.42. The highest BCUT2D eigenvalue weighted by Crippen LogP contribution is 2.31. The maximum absolute atomic E-state index is 12.8. The number of nitrogens with zero attached hydrogens (tertiary/aromatic N) is 2. The Morgan fingerprint density at radius 3 is 2.35 bits per heavy atom. The summed E-state index contributed by atoms with van der Waals surface area (Å²) < 4.78 is 5.25. The van der Waals surface area contributed by atoms with Crippen LogP contribution in [0.3, 0.4) is 0 Å². The summed E-state index contributed by atoms with van der Waals surface area (Å²) in [5, 5.41) is 9.20. The number of hydrogen-bond acceptors (Lipinski definition) is 7. The molecule has 1 saturated heterocycles. The molecule has 3 aromatic rings. The number of fused-ring (bicyclic) bond motifs is 1. The van der Waals surface area contributed by atoms with Crippen LogP contribution >= 0.6 is 0 Å². The van der Waals surface area contributed by atoms with Crippen LogP contribution in [0.25, 0.3) is 16.7 Å². The number of amides is 2. The van der Waals surface area contributed by atoms with E-state index >= 15 is 0 Å². The molecule has 0 saturated carbocycles. The summed E-state index contributed by atoms with van der Waals surface area (Å²) in [6.07, 6.45) is 3.42. The lowest BCUT2D eigenvalue weighted by atomic mass is 9.91. The number of piperazine rings is 1. The van der Waals surface area contributed by atoms with Crippen LogP contribution in [0, 0.1) is 6.92 Å². The predicted octanol–water partition coefficient (Wildman–Crippen LogP) is 3.98. The van der Waals surface area contributed by atoms with Gasteiger partial charge in [-0.2, -0.15) is 0 Å².